The maximum atomic E-state index is 12.8. The lowest BCUT2D eigenvalue weighted by atomic mass is 10.4. The topological polar surface area (TPSA) is 22.1 Å². The Hall–Kier alpha value is -1.47. The first-order valence-electron chi connectivity index (χ1n) is 4.04. The lowest BCUT2D eigenvalue weighted by Crippen LogP contribution is -2.15. The van der Waals surface area contributed by atoms with Crippen LogP contribution in [0.2, 0.25) is 0 Å². The van der Waals surface area contributed by atoms with E-state index in [1.165, 1.54) is 0 Å². The fraction of sp³-hybridized carbons (Fsp3) is 0.375. The summed E-state index contributed by atoms with van der Waals surface area (Å²) in [6.07, 6.45) is -3.22. The third kappa shape index (κ3) is 2.56. The fourth-order valence-electron chi connectivity index (χ4n) is 0.844. The van der Waals surface area contributed by atoms with Crippen molar-refractivity contribution in [1.29, 1.82) is 0 Å². The van der Waals surface area contributed by atoms with Crippen molar-refractivity contribution in [2.45, 2.75) is 12.8 Å². The lowest BCUT2D eigenvalue weighted by molar-refractivity contribution is 0.0433. The summed E-state index contributed by atoms with van der Waals surface area (Å²) in [4.78, 5) is 2.23. The maximum absolute atomic E-state index is 12.8. The summed E-state index contributed by atoms with van der Waals surface area (Å²) in [6.45, 7) is -1.15. The number of hydrogen-bond donors (Lipinski definition) is 0. The molecule has 1 aromatic rings. The maximum Gasteiger partial charge on any atom is 0.255 e. The zero-order valence-corrected chi connectivity index (χ0v) is 7.61. The number of halogens is 6. The number of nitrogens with zero attached hydrogens (tertiary/aromatic N) is 1. The number of pyridine rings is 1. The van der Waals surface area contributed by atoms with Crippen LogP contribution < -0.4 is 4.74 Å². The summed E-state index contributed by atoms with van der Waals surface area (Å²) in [6, 6.07) is 0. The Morgan fingerprint density at radius 1 is 1.06 bits per heavy atom. The highest BCUT2D eigenvalue weighted by Gasteiger charge is 2.24. The smallest absolute Gasteiger partial charge is 0.255 e. The second-order valence-electron chi connectivity index (χ2n) is 2.66. The standard InChI is InChI=1S/C8H5F6NO/c9-2-1-3(10)16-6-4(11)7(13)15-8(14)5(6)12/h3H,1-2H2. The van der Waals surface area contributed by atoms with Crippen molar-refractivity contribution in [3.63, 3.8) is 0 Å². The minimum Gasteiger partial charge on any atom is -0.454 e. The van der Waals surface area contributed by atoms with E-state index in [-0.39, 0.29) is 0 Å². The van der Waals surface area contributed by atoms with Crippen molar-refractivity contribution in [1.82, 2.24) is 4.98 Å². The minimum absolute atomic E-state index is 0.815. The summed E-state index contributed by atoms with van der Waals surface area (Å²) in [5, 5.41) is 0. The van der Waals surface area contributed by atoms with Crippen LogP contribution in [-0.4, -0.2) is 18.0 Å². The molecule has 90 valence electrons. The van der Waals surface area contributed by atoms with Crippen molar-refractivity contribution >= 4 is 0 Å². The van der Waals surface area contributed by atoms with Crippen molar-refractivity contribution in [2.24, 2.45) is 0 Å². The van der Waals surface area contributed by atoms with Crippen molar-refractivity contribution in [3.8, 4) is 5.75 Å². The van der Waals surface area contributed by atoms with Gasteiger partial charge in [0.25, 0.3) is 11.9 Å². The first-order valence-corrected chi connectivity index (χ1v) is 4.04. The van der Waals surface area contributed by atoms with Gasteiger partial charge in [-0.05, 0) is 0 Å². The highest BCUT2D eigenvalue weighted by Crippen LogP contribution is 2.26. The molecule has 0 aliphatic rings. The molecular weight excluding hydrogens is 240 g/mol. The minimum atomic E-state index is -2.41. The van der Waals surface area contributed by atoms with Gasteiger partial charge in [-0.3, -0.25) is 4.39 Å². The van der Waals surface area contributed by atoms with Crippen LogP contribution in [0.25, 0.3) is 0 Å². The van der Waals surface area contributed by atoms with Crippen LogP contribution in [0.4, 0.5) is 26.3 Å². The van der Waals surface area contributed by atoms with Gasteiger partial charge in [-0.25, -0.2) is 4.39 Å². The number of rotatable bonds is 4. The Labute approximate surface area is 85.9 Å². The zero-order chi connectivity index (χ0) is 12.3. The average molecular weight is 245 g/mol. The van der Waals surface area contributed by atoms with Crippen LogP contribution >= 0.6 is 0 Å². The number of ether oxygens (including phenoxy) is 1. The monoisotopic (exact) mass is 245 g/mol. The van der Waals surface area contributed by atoms with Gasteiger partial charge < -0.3 is 4.74 Å². The first-order chi connectivity index (χ1) is 7.47. The quantitative estimate of drug-likeness (QED) is 0.601. The highest BCUT2D eigenvalue weighted by molar-refractivity contribution is 5.24. The predicted molar refractivity (Wildman–Crippen MR) is 40.2 cm³/mol. The third-order valence-electron chi connectivity index (χ3n) is 1.54. The second kappa shape index (κ2) is 5.04. The molecular formula is C8H5F6NO. The Morgan fingerprint density at radius 2 is 1.56 bits per heavy atom. The Balaban J connectivity index is 3.03. The molecule has 0 saturated carbocycles. The largest absolute Gasteiger partial charge is 0.454 e. The van der Waals surface area contributed by atoms with Crippen LogP contribution in [0.5, 0.6) is 5.75 Å². The molecule has 0 aliphatic heterocycles. The predicted octanol–water partition coefficient (Wildman–Crippen LogP) is 2.67. The third-order valence-corrected chi connectivity index (χ3v) is 1.54. The number of aromatic nitrogens is 1. The summed E-state index contributed by atoms with van der Waals surface area (Å²) in [5.41, 5.74) is 0. The zero-order valence-electron chi connectivity index (χ0n) is 7.61. The van der Waals surface area contributed by atoms with Gasteiger partial charge in [-0.1, -0.05) is 0 Å². The van der Waals surface area contributed by atoms with Gasteiger partial charge >= 0.3 is 0 Å². The summed E-state index contributed by atoms with van der Waals surface area (Å²) in [5.74, 6) is -9.48. The molecule has 0 aliphatic carbocycles. The Morgan fingerprint density at radius 3 is 2.00 bits per heavy atom. The molecule has 1 unspecified atom stereocenters. The molecule has 0 saturated heterocycles. The average Bonchev–Trinajstić information content (AvgIpc) is 2.22. The van der Waals surface area contributed by atoms with Gasteiger partial charge in [0.2, 0.25) is 23.7 Å². The van der Waals surface area contributed by atoms with Crippen LogP contribution in [0.3, 0.4) is 0 Å². The summed E-state index contributed by atoms with van der Waals surface area (Å²) < 4.78 is 78.8. The molecule has 0 fully saturated rings. The van der Waals surface area contributed by atoms with E-state index in [0.29, 0.717) is 0 Å². The normalized spacial score (nSPS) is 12.6. The molecule has 1 aromatic heterocycles. The molecule has 8 heteroatoms. The van der Waals surface area contributed by atoms with Gasteiger partial charge in [0, 0.05) is 6.42 Å². The van der Waals surface area contributed by atoms with Gasteiger partial charge in [-0.2, -0.15) is 22.5 Å². The van der Waals surface area contributed by atoms with Gasteiger partial charge in [-0.15, -0.1) is 0 Å². The molecule has 0 aromatic carbocycles. The van der Waals surface area contributed by atoms with Gasteiger partial charge in [0.15, 0.2) is 0 Å². The number of hydrogen-bond acceptors (Lipinski definition) is 2. The molecule has 16 heavy (non-hydrogen) atoms. The van der Waals surface area contributed by atoms with Crippen LogP contribution in [0.1, 0.15) is 6.42 Å². The molecule has 1 heterocycles. The molecule has 0 radical (unpaired) electrons. The van der Waals surface area contributed by atoms with E-state index >= 15 is 0 Å². The van der Waals surface area contributed by atoms with E-state index in [9.17, 15) is 26.3 Å². The molecule has 0 amide bonds. The summed E-state index contributed by atoms with van der Waals surface area (Å²) in [7, 11) is 0. The SMILES string of the molecule is FCCC(F)Oc1c(F)c(F)nc(F)c1F. The van der Waals surface area contributed by atoms with E-state index in [1.807, 2.05) is 0 Å². The van der Waals surface area contributed by atoms with Crippen molar-refractivity contribution < 1.29 is 31.1 Å². The molecule has 0 spiro atoms. The number of alkyl halides is 2. The van der Waals surface area contributed by atoms with Crippen molar-refractivity contribution in [2.75, 3.05) is 6.67 Å². The first kappa shape index (κ1) is 12.6. The van der Waals surface area contributed by atoms with E-state index in [1.54, 1.807) is 0 Å². The summed E-state index contributed by atoms with van der Waals surface area (Å²) >= 11 is 0. The van der Waals surface area contributed by atoms with E-state index in [2.05, 4.69) is 9.72 Å². The van der Waals surface area contributed by atoms with Crippen LogP contribution in [-0.2, 0) is 0 Å². The molecule has 0 bridgehead atoms. The van der Waals surface area contributed by atoms with Crippen LogP contribution in [0, 0.1) is 23.5 Å². The van der Waals surface area contributed by atoms with Gasteiger partial charge in [0.05, 0.1) is 6.67 Å². The Kier molecular flexibility index (Phi) is 3.97. The van der Waals surface area contributed by atoms with Crippen molar-refractivity contribution in [3.05, 3.63) is 23.5 Å². The lowest BCUT2D eigenvalue weighted by Gasteiger charge is -2.11. The molecule has 1 rings (SSSR count). The molecule has 0 N–H and O–H groups in total. The second-order valence-corrected chi connectivity index (χ2v) is 2.66. The van der Waals surface area contributed by atoms with E-state index in [4.69, 9.17) is 0 Å². The van der Waals surface area contributed by atoms with Gasteiger partial charge in [0.1, 0.15) is 0 Å². The molecule has 1 atom stereocenters. The van der Waals surface area contributed by atoms with E-state index < -0.39 is 48.7 Å². The Bertz CT molecular complexity index is 359. The molecule has 2 nitrogen and oxygen atoms in total. The van der Waals surface area contributed by atoms with Crippen LogP contribution in [0.15, 0.2) is 0 Å². The highest BCUT2D eigenvalue weighted by atomic mass is 19.2. The fourth-order valence-corrected chi connectivity index (χ4v) is 0.844. The van der Waals surface area contributed by atoms with E-state index in [0.717, 1.165) is 0 Å².